The summed E-state index contributed by atoms with van der Waals surface area (Å²) in [5.74, 6) is 0.692. The molecule has 0 saturated heterocycles. The summed E-state index contributed by atoms with van der Waals surface area (Å²) in [6, 6.07) is 16.3. The van der Waals surface area contributed by atoms with Gasteiger partial charge in [-0.1, -0.05) is 30.3 Å². The van der Waals surface area contributed by atoms with Gasteiger partial charge in [-0.2, -0.15) is 0 Å². The van der Waals surface area contributed by atoms with Crippen molar-refractivity contribution in [2.45, 2.75) is 0 Å². The number of phenols is 1. The number of anilines is 1. The van der Waals surface area contributed by atoms with Crippen molar-refractivity contribution in [2.24, 2.45) is 0 Å². The number of hydrogen-bond acceptors (Lipinski definition) is 3. The Labute approximate surface area is 95.1 Å². The average Bonchev–Trinajstić information content (AvgIpc) is 2.31. The topological polar surface area (TPSA) is 55.5 Å². The van der Waals surface area contributed by atoms with Gasteiger partial charge in [-0.3, -0.25) is 0 Å². The molecule has 84 valence electrons. The van der Waals surface area contributed by atoms with Gasteiger partial charge in [0.15, 0.2) is 11.5 Å². The van der Waals surface area contributed by atoms with E-state index in [-0.39, 0.29) is 5.75 Å². The SMILES string of the molecule is COc1ccccc1O.Nc1ccccc1. The van der Waals surface area contributed by atoms with E-state index in [0.717, 1.165) is 5.69 Å². The van der Waals surface area contributed by atoms with Crippen molar-refractivity contribution in [1.29, 1.82) is 0 Å². The molecule has 3 heteroatoms. The van der Waals surface area contributed by atoms with E-state index in [1.54, 1.807) is 24.3 Å². The lowest BCUT2D eigenvalue weighted by molar-refractivity contribution is 0.373. The molecule has 0 saturated carbocycles. The van der Waals surface area contributed by atoms with Crippen LogP contribution >= 0.6 is 0 Å². The van der Waals surface area contributed by atoms with E-state index in [1.165, 1.54) is 7.11 Å². The van der Waals surface area contributed by atoms with Crippen molar-refractivity contribution >= 4 is 5.69 Å². The molecule has 3 nitrogen and oxygen atoms in total. The molecular weight excluding hydrogens is 202 g/mol. The highest BCUT2D eigenvalue weighted by molar-refractivity contribution is 5.37. The highest BCUT2D eigenvalue weighted by Gasteiger charge is 1.94. The molecule has 0 unspecified atom stereocenters. The third kappa shape index (κ3) is 3.92. The maximum Gasteiger partial charge on any atom is 0.160 e. The molecule has 16 heavy (non-hydrogen) atoms. The molecule has 0 aliphatic heterocycles. The molecule has 0 amide bonds. The number of aromatic hydroxyl groups is 1. The number of rotatable bonds is 1. The number of para-hydroxylation sites is 3. The fraction of sp³-hybridized carbons (Fsp3) is 0.0769. The Balaban J connectivity index is 0.000000165. The summed E-state index contributed by atoms with van der Waals surface area (Å²) in [6.45, 7) is 0. The fourth-order valence-electron chi connectivity index (χ4n) is 1.08. The largest absolute Gasteiger partial charge is 0.504 e. The van der Waals surface area contributed by atoms with E-state index in [2.05, 4.69) is 0 Å². The predicted octanol–water partition coefficient (Wildman–Crippen LogP) is 2.67. The highest BCUT2D eigenvalue weighted by atomic mass is 16.5. The number of hydrogen-bond donors (Lipinski definition) is 2. The van der Waals surface area contributed by atoms with Crippen molar-refractivity contribution < 1.29 is 9.84 Å². The van der Waals surface area contributed by atoms with Crippen LogP contribution in [0.25, 0.3) is 0 Å². The standard InChI is InChI=1S/C7H8O2.C6H7N/c1-9-7-5-3-2-4-6(7)8;7-6-4-2-1-3-5-6/h2-5,8H,1H3;1-5H,7H2. The molecule has 0 bridgehead atoms. The maximum atomic E-state index is 8.99. The third-order valence-corrected chi connectivity index (χ3v) is 1.88. The number of phenolic OH excluding ortho intramolecular Hbond substituents is 1. The molecule has 0 spiro atoms. The number of nitrogen functional groups attached to an aromatic ring is 1. The van der Waals surface area contributed by atoms with Crippen LogP contribution in [0.2, 0.25) is 0 Å². The number of nitrogens with two attached hydrogens (primary N) is 1. The number of benzene rings is 2. The molecule has 0 radical (unpaired) electrons. The van der Waals surface area contributed by atoms with E-state index in [9.17, 15) is 0 Å². The first kappa shape index (κ1) is 11.9. The number of methoxy groups -OCH3 is 1. The minimum Gasteiger partial charge on any atom is -0.504 e. The molecule has 0 aliphatic rings. The van der Waals surface area contributed by atoms with Crippen molar-refractivity contribution in [2.75, 3.05) is 12.8 Å². The van der Waals surface area contributed by atoms with E-state index >= 15 is 0 Å². The van der Waals surface area contributed by atoms with Gasteiger partial charge in [0.1, 0.15) is 0 Å². The zero-order valence-electron chi connectivity index (χ0n) is 9.13. The monoisotopic (exact) mass is 217 g/mol. The van der Waals surface area contributed by atoms with Gasteiger partial charge in [-0.15, -0.1) is 0 Å². The number of ether oxygens (including phenoxy) is 1. The molecule has 0 heterocycles. The fourth-order valence-corrected chi connectivity index (χ4v) is 1.08. The lowest BCUT2D eigenvalue weighted by atomic mass is 10.3. The van der Waals surface area contributed by atoms with E-state index in [0.29, 0.717) is 5.75 Å². The van der Waals surface area contributed by atoms with Crippen molar-refractivity contribution in [3.63, 3.8) is 0 Å². The quantitative estimate of drug-likeness (QED) is 0.722. The van der Waals surface area contributed by atoms with Crippen molar-refractivity contribution in [3.8, 4) is 11.5 Å². The van der Waals surface area contributed by atoms with E-state index in [1.807, 2.05) is 30.3 Å². The lowest BCUT2D eigenvalue weighted by Crippen LogP contribution is -1.80. The van der Waals surface area contributed by atoms with Crippen molar-refractivity contribution in [1.82, 2.24) is 0 Å². The molecule has 0 fully saturated rings. The summed E-state index contributed by atoms with van der Waals surface area (Å²) in [4.78, 5) is 0. The normalized spacial score (nSPS) is 8.81. The summed E-state index contributed by atoms with van der Waals surface area (Å²) in [5.41, 5.74) is 6.18. The van der Waals surface area contributed by atoms with Crippen LogP contribution in [0.15, 0.2) is 54.6 Å². The van der Waals surface area contributed by atoms with Gasteiger partial charge in [0.05, 0.1) is 7.11 Å². The first-order chi connectivity index (χ1) is 7.74. The van der Waals surface area contributed by atoms with Gasteiger partial charge in [-0.05, 0) is 24.3 Å². The molecule has 0 aromatic heterocycles. The highest BCUT2D eigenvalue weighted by Crippen LogP contribution is 2.22. The molecular formula is C13H15NO2. The van der Waals surface area contributed by atoms with Crippen LogP contribution in [0.5, 0.6) is 11.5 Å². The Bertz CT molecular complexity index is 415. The Morgan fingerprint density at radius 1 is 0.938 bits per heavy atom. The van der Waals surface area contributed by atoms with E-state index < -0.39 is 0 Å². The van der Waals surface area contributed by atoms with Gasteiger partial charge in [0.25, 0.3) is 0 Å². The Kier molecular flexibility index (Phi) is 4.73. The van der Waals surface area contributed by atoms with Crippen LogP contribution in [0.4, 0.5) is 5.69 Å². The minimum atomic E-state index is 0.181. The second kappa shape index (κ2) is 6.35. The van der Waals surface area contributed by atoms with Gasteiger partial charge >= 0.3 is 0 Å². The Morgan fingerprint density at radius 3 is 1.88 bits per heavy atom. The summed E-state index contributed by atoms with van der Waals surface area (Å²) in [6.07, 6.45) is 0. The first-order valence-corrected chi connectivity index (χ1v) is 4.86. The van der Waals surface area contributed by atoms with Gasteiger partial charge in [0, 0.05) is 5.69 Å². The summed E-state index contributed by atoms with van der Waals surface area (Å²) >= 11 is 0. The second-order valence-corrected chi connectivity index (χ2v) is 3.08. The Morgan fingerprint density at radius 2 is 1.50 bits per heavy atom. The first-order valence-electron chi connectivity index (χ1n) is 4.86. The van der Waals surface area contributed by atoms with Crippen LogP contribution < -0.4 is 10.5 Å². The molecule has 0 atom stereocenters. The van der Waals surface area contributed by atoms with Crippen LogP contribution in [-0.4, -0.2) is 12.2 Å². The maximum absolute atomic E-state index is 8.99. The van der Waals surface area contributed by atoms with Crippen LogP contribution in [0.3, 0.4) is 0 Å². The summed E-state index contributed by atoms with van der Waals surface area (Å²) in [5, 5.41) is 8.99. The van der Waals surface area contributed by atoms with Gasteiger partial charge < -0.3 is 15.6 Å². The zero-order valence-corrected chi connectivity index (χ0v) is 9.13. The third-order valence-electron chi connectivity index (χ3n) is 1.88. The average molecular weight is 217 g/mol. The predicted molar refractivity (Wildman–Crippen MR) is 65.5 cm³/mol. The lowest BCUT2D eigenvalue weighted by Gasteiger charge is -1.99. The van der Waals surface area contributed by atoms with Gasteiger partial charge in [0.2, 0.25) is 0 Å². The van der Waals surface area contributed by atoms with Crippen LogP contribution in [0.1, 0.15) is 0 Å². The van der Waals surface area contributed by atoms with Crippen molar-refractivity contribution in [3.05, 3.63) is 54.6 Å². The Hall–Kier alpha value is -2.16. The smallest absolute Gasteiger partial charge is 0.160 e. The molecule has 3 N–H and O–H groups in total. The summed E-state index contributed by atoms with van der Waals surface area (Å²) < 4.78 is 4.79. The second-order valence-electron chi connectivity index (χ2n) is 3.08. The molecule has 2 rings (SSSR count). The molecule has 2 aromatic carbocycles. The minimum absolute atomic E-state index is 0.181. The summed E-state index contributed by atoms with van der Waals surface area (Å²) in [7, 11) is 1.52. The van der Waals surface area contributed by atoms with Crippen LogP contribution in [0, 0.1) is 0 Å². The molecule has 0 aliphatic carbocycles. The zero-order chi connectivity index (χ0) is 11.8. The van der Waals surface area contributed by atoms with Crippen LogP contribution in [-0.2, 0) is 0 Å². The van der Waals surface area contributed by atoms with Gasteiger partial charge in [-0.25, -0.2) is 0 Å². The molecule has 2 aromatic rings. The van der Waals surface area contributed by atoms with E-state index in [4.69, 9.17) is 15.6 Å².